The van der Waals surface area contributed by atoms with Crippen molar-refractivity contribution in [2.45, 2.75) is 32.2 Å². The van der Waals surface area contributed by atoms with E-state index in [2.05, 4.69) is 14.9 Å². The molecule has 1 amide bonds. The molecular formula is C14H23N5O. The summed E-state index contributed by atoms with van der Waals surface area (Å²) in [4.78, 5) is 24.5. The molecular weight excluding hydrogens is 254 g/mol. The van der Waals surface area contributed by atoms with Crippen molar-refractivity contribution in [3.05, 3.63) is 18.6 Å². The van der Waals surface area contributed by atoms with Crippen LogP contribution < -0.4 is 10.6 Å². The van der Waals surface area contributed by atoms with Gasteiger partial charge in [0.2, 0.25) is 5.91 Å². The normalized spacial score (nSPS) is 17.1. The number of hydrogen-bond donors (Lipinski definition) is 1. The summed E-state index contributed by atoms with van der Waals surface area (Å²) in [7, 11) is 0. The van der Waals surface area contributed by atoms with E-state index in [1.165, 1.54) is 0 Å². The van der Waals surface area contributed by atoms with Gasteiger partial charge in [-0.25, -0.2) is 4.98 Å². The fourth-order valence-electron chi connectivity index (χ4n) is 2.37. The maximum atomic E-state index is 12.1. The van der Waals surface area contributed by atoms with E-state index in [9.17, 15) is 4.79 Å². The van der Waals surface area contributed by atoms with Crippen LogP contribution in [0.4, 0.5) is 5.82 Å². The van der Waals surface area contributed by atoms with Gasteiger partial charge in [0.15, 0.2) is 0 Å². The van der Waals surface area contributed by atoms with Crippen LogP contribution in [0.25, 0.3) is 0 Å². The van der Waals surface area contributed by atoms with Gasteiger partial charge < -0.3 is 15.5 Å². The molecule has 1 aliphatic rings. The third-order valence-corrected chi connectivity index (χ3v) is 3.56. The second-order valence-electron chi connectivity index (χ2n) is 5.30. The van der Waals surface area contributed by atoms with Gasteiger partial charge in [-0.2, -0.15) is 0 Å². The number of aromatic nitrogens is 2. The molecule has 20 heavy (non-hydrogen) atoms. The second-order valence-corrected chi connectivity index (χ2v) is 5.30. The molecule has 0 aromatic carbocycles. The monoisotopic (exact) mass is 277 g/mol. The number of amides is 1. The van der Waals surface area contributed by atoms with E-state index < -0.39 is 0 Å². The Morgan fingerprint density at radius 2 is 2.10 bits per heavy atom. The summed E-state index contributed by atoms with van der Waals surface area (Å²) in [6, 6.07) is 0.177. The first-order valence-corrected chi connectivity index (χ1v) is 7.21. The molecule has 2 rings (SSSR count). The van der Waals surface area contributed by atoms with Crippen LogP contribution in [-0.4, -0.2) is 53.0 Å². The molecule has 1 aromatic heterocycles. The first kappa shape index (κ1) is 14.7. The maximum absolute atomic E-state index is 12.1. The molecule has 6 heteroatoms. The molecule has 1 saturated heterocycles. The summed E-state index contributed by atoms with van der Waals surface area (Å²) >= 11 is 0. The number of piperazine rings is 1. The van der Waals surface area contributed by atoms with Gasteiger partial charge in [0.05, 0.1) is 6.20 Å². The summed E-state index contributed by atoms with van der Waals surface area (Å²) in [5, 5.41) is 0. The van der Waals surface area contributed by atoms with Crippen LogP contribution in [0.5, 0.6) is 0 Å². The smallest absolute Gasteiger partial charge is 0.222 e. The highest BCUT2D eigenvalue weighted by Crippen LogP contribution is 2.12. The van der Waals surface area contributed by atoms with Crippen molar-refractivity contribution in [2.24, 2.45) is 5.73 Å². The van der Waals surface area contributed by atoms with Crippen LogP contribution in [0.3, 0.4) is 0 Å². The molecule has 1 aromatic rings. The molecule has 0 aliphatic carbocycles. The molecule has 1 atom stereocenters. The van der Waals surface area contributed by atoms with Crippen molar-refractivity contribution in [1.29, 1.82) is 0 Å². The van der Waals surface area contributed by atoms with Crippen molar-refractivity contribution in [1.82, 2.24) is 14.9 Å². The first-order chi connectivity index (χ1) is 9.66. The van der Waals surface area contributed by atoms with Gasteiger partial charge in [-0.3, -0.25) is 9.78 Å². The Kier molecular flexibility index (Phi) is 5.29. The molecule has 1 fully saturated rings. The summed E-state index contributed by atoms with van der Waals surface area (Å²) in [5.74, 6) is 1.13. The highest BCUT2D eigenvalue weighted by Gasteiger charge is 2.21. The molecule has 1 aliphatic heterocycles. The maximum Gasteiger partial charge on any atom is 0.222 e. The van der Waals surface area contributed by atoms with E-state index in [0.29, 0.717) is 6.42 Å². The Morgan fingerprint density at radius 1 is 1.35 bits per heavy atom. The Morgan fingerprint density at radius 3 is 2.70 bits per heavy atom. The number of anilines is 1. The van der Waals surface area contributed by atoms with Gasteiger partial charge in [0.1, 0.15) is 5.82 Å². The lowest BCUT2D eigenvalue weighted by Gasteiger charge is -2.35. The fraction of sp³-hybridized carbons (Fsp3) is 0.643. The Hall–Kier alpha value is -1.69. The van der Waals surface area contributed by atoms with Crippen molar-refractivity contribution >= 4 is 11.7 Å². The van der Waals surface area contributed by atoms with Crippen LogP contribution in [0, 0.1) is 0 Å². The number of carbonyl (C=O) groups is 1. The molecule has 110 valence electrons. The summed E-state index contributed by atoms with van der Waals surface area (Å²) in [6.45, 7) is 5.13. The van der Waals surface area contributed by atoms with E-state index in [1.54, 1.807) is 18.6 Å². The van der Waals surface area contributed by atoms with Gasteiger partial charge in [0.25, 0.3) is 0 Å². The quantitative estimate of drug-likeness (QED) is 0.855. The zero-order valence-electron chi connectivity index (χ0n) is 12.0. The van der Waals surface area contributed by atoms with Crippen LogP contribution in [-0.2, 0) is 4.79 Å². The van der Waals surface area contributed by atoms with Crippen LogP contribution in [0.2, 0.25) is 0 Å². The predicted molar refractivity (Wildman–Crippen MR) is 78.3 cm³/mol. The summed E-state index contributed by atoms with van der Waals surface area (Å²) < 4.78 is 0. The van der Waals surface area contributed by atoms with E-state index in [0.717, 1.165) is 44.8 Å². The molecule has 0 spiro atoms. The Labute approximate surface area is 120 Å². The van der Waals surface area contributed by atoms with Gasteiger partial charge in [0, 0.05) is 51.0 Å². The minimum Gasteiger partial charge on any atom is -0.352 e. The van der Waals surface area contributed by atoms with Crippen molar-refractivity contribution in [3.63, 3.8) is 0 Å². The lowest BCUT2D eigenvalue weighted by molar-refractivity contribution is -0.131. The molecule has 1 unspecified atom stereocenters. The number of nitrogens with zero attached hydrogens (tertiary/aromatic N) is 4. The second kappa shape index (κ2) is 7.19. The Balaban J connectivity index is 1.75. The minimum atomic E-state index is 0.177. The van der Waals surface area contributed by atoms with Crippen molar-refractivity contribution in [3.8, 4) is 0 Å². The van der Waals surface area contributed by atoms with E-state index in [1.807, 2.05) is 11.8 Å². The van der Waals surface area contributed by atoms with Crippen LogP contribution in [0.1, 0.15) is 26.2 Å². The highest BCUT2D eigenvalue weighted by molar-refractivity contribution is 5.76. The molecule has 0 bridgehead atoms. The Bertz CT molecular complexity index is 415. The van der Waals surface area contributed by atoms with Gasteiger partial charge in [-0.1, -0.05) is 0 Å². The van der Waals surface area contributed by atoms with Gasteiger partial charge in [-0.15, -0.1) is 0 Å². The fourth-order valence-corrected chi connectivity index (χ4v) is 2.37. The number of carbonyl (C=O) groups excluding carboxylic acids is 1. The summed E-state index contributed by atoms with van der Waals surface area (Å²) in [5.41, 5.74) is 5.70. The first-order valence-electron chi connectivity index (χ1n) is 7.21. The molecule has 6 nitrogen and oxygen atoms in total. The molecule has 2 heterocycles. The van der Waals surface area contributed by atoms with E-state index in [-0.39, 0.29) is 11.9 Å². The van der Waals surface area contributed by atoms with Crippen LogP contribution in [0.15, 0.2) is 18.6 Å². The lowest BCUT2D eigenvalue weighted by Crippen LogP contribution is -2.49. The standard InChI is InChI=1S/C14H23N5O/c1-12(15)3-2-4-14(20)19-9-7-18(8-10-19)13-11-16-5-6-17-13/h5-6,11-12H,2-4,7-10,15H2,1H3. The average molecular weight is 277 g/mol. The van der Waals surface area contributed by atoms with E-state index in [4.69, 9.17) is 5.73 Å². The van der Waals surface area contributed by atoms with Crippen molar-refractivity contribution in [2.75, 3.05) is 31.1 Å². The third-order valence-electron chi connectivity index (χ3n) is 3.56. The zero-order chi connectivity index (χ0) is 14.4. The average Bonchev–Trinajstić information content (AvgIpc) is 2.48. The van der Waals surface area contributed by atoms with Gasteiger partial charge in [-0.05, 0) is 19.8 Å². The topological polar surface area (TPSA) is 75.4 Å². The lowest BCUT2D eigenvalue weighted by atomic mass is 10.1. The van der Waals surface area contributed by atoms with E-state index >= 15 is 0 Å². The highest BCUT2D eigenvalue weighted by atomic mass is 16.2. The number of nitrogens with two attached hydrogens (primary N) is 1. The van der Waals surface area contributed by atoms with Gasteiger partial charge >= 0.3 is 0 Å². The summed E-state index contributed by atoms with van der Waals surface area (Å²) in [6.07, 6.45) is 7.52. The molecule has 0 saturated carbocycles. The SMILES string of the molecule is CC(N)CCCC(=O)N1CCN(c2cnccn2)CC1. The third kappa shape index (κ3) is 4.16. The number of hydrogen-bond acceptors (Lipinski definition) is 5. The molecule has 0 radical (unpaired) electrons. The number of rotatable bonds is 5. The largest absolute Gasteiger partial charge is 0.352 e. The van der Waals surface area contributed by atoms with Crippen LogP contribution >= 0.6 is 0 Å². The predicted octanol–water partition coefficient (Wildman–Crippen LogP) is 0.643. The molecule has 2 N–H and O–H groups in total. The minimum absolute atomic E-state index is 0.177. The van der Waals surface area contributed by atoms with Crippen molar-refractivity contribution < 1.29 is 4.79 Å². The zero-order valence-corrected chi connectivity index (χ0v) is 12.0.